The predicted octanol–water partition coefficient (Wildman–Crippen LogP) is 3.55. The summed E-state index contributed by atoms with van der Waals surface area (Å²) in [6, 6.07) is 23.8. The third kappa shape index (κ3) is 4.50. The van der Waals surface area contributed by atoms with Crippen molar-refractivity contribution in [2.45, 2.75) is 26.1 Å². The molecule has 5 rings (SSSR count). The van der Waals surface area contributed by atoms with Gasteiger partial charge in [-0.05, 0) is 30.2 Å². The first kappa shape index (κ1) is 21.0. The van der Waals surface area contributed by atoms with Crippen molar-refractivity contribution in [3.63, 3.8) is 0 Å². The SMILES string of the molecule is Cc1ccc(C2c3cccn3CCN2CC(=O)N2CCN(Cc3ccccc3)CC2)cc1. The number of hydrogen-bond acceptors (Lipinski definition) is 3. The maximum absolute atomic E-state index is 13.3. The van der Waals surface area contributed by atoms with E-state index in [9.17, 15) is 4.79 Å². The molecule has 5 heteroatoms. The van der Waals surface area contributed by atoms with Gasteiger partial charge in [0.1, 0.15) is 0 Å². The summed E-state index contributed by atoms with van der Waals surface area (Å²) in [4.78, 5) is 20.1. The molecule has 0 spiro atoms. The fraction of sp³-hybridized carbons (Fsp3) is 0.370. The summed E-state index contributed by atoms with van der Waals surface area (Å²) in [5.41, 5.74) is 5.14. The van der Waals surface area contributed by atoms with Crippen LogP contribution in [0.1, 0.15) is 28.4 Å². The highest BCUT2D eigenvalue weighted by atomic mass is 16.2. The van der Waals surface area contributed by atoms with E-state index in [-0.39, 0.29) is 11.9 Å². The van der Waals surface area contributed by atoms with E-state index in [0.29, 0.717) is 6.54 Å². The molecule has 1 atom stereocenters. The average molecular weight is 429 g/mol. The molecule has 0 saturated carbocycles. The van der Waals surface area contributed by atoms with Crippen molar-refractivity contribution in [3.05, 3.63) is 95.3 Å². The maximum Gasteiger partial charge on any atom is 0.236 e. The lowest BCUT2D eigenvalue weighted by Gasteiger charge is -2.39. The Balaban J connectivity index is 1.24. The lowest BCUT2D eigenvalue weighted by Crippen LogP contribution is -2.52. The van der Waals surface area contributed by atoms with Gasteiger partial charge < -0.3 is 9.47 Å². The Morgan fingerprint density at radius 3 is 2.34 bits per heavy atom. The van der Waals surface area contributed by atoms with Crippen molar-refractivity contribution in [2.75, 3.05) is 39.3 Å². The highest BCUT2D eigenvalue weighted by molar-refractivity contribution is 5.78. The fourth-order valence-electron chi connectivity index (χ4n) is 5.00. The molecule has 2 aliphatic heterocycles. The van der Waals surface area contributed by atoms with Gasteiger partial charge >= 0.3 is 0 Å². The molecule has 1 unspecified atom stereocenters. The number of rotatable bonds is 5. The standard InChI is InChI=1S/C27H32N4O/c1-22-9-11-24(12-10-22)27-25-8-5-13-29(25)18-19-31(27)21-26(32)30-16-14-28(15-17-30)20-23-6-3-2-4-7-23/h2-13,27H,14-21H2,1H3. The molecule has 0 N–H and O–H groups in total. The second-order valence-electron chi connectivity index (χ2n) is 9.05. The number of piperazine rings is 1. The Labute approximate surface area is 190 Å². The van der Waals surface area contributed by atoms with E-state index in [2.05, 4.69) is 99.1 Å². The Morgan fingerprint density at radius 2 is 1.59 bits per heavy atom. The number of carbonyl (C=O) groups is 1. The summed E-state index contributed by atoms with van der Waals surface area (Å²) in [5.74, 6) is 0.251. The Kier molecular flexibility index (Phi) is 6.10. The van der Waals surface area contributed by atoms with E-state index in [4.69, 9.17) is 0 Å². The van der Waals surface area contributed by atoms with Crippen molar-refractivity contribution in [2.24, 2.45) is 0 Å². The van der Waals surface area contributed by atoms with Crippen LogP contribution in [0.25, 0.3) is 0 Å². The number of hydrogen-bond donors (Lipinski definition) is 0. The third-order valence-corrected chi connectivity index (χ3v) is 6.84. The van der Waals surface area contributed by atoms with Gasteiger partial charge in [-0.15, -0.1) is 0 Å². The van der Waals surface area contributed by atoms with Crippen LogP contribution in [-0.4, -0.2) is 64.4 Å². The number of benzene rings is 2. The zero-order valence-corrected chi connectivity index (χ0v) is 18.9. The molecule has 0 bridgehead atoms. The first-order valence-corrected chi connectivity index (χ1v) is 11.7. The molecule has 32 heavy (non-hydrogen) atoms. The lowest BCUT2D eigenvalue weighted by atomic mass is 9.99. The van der Waals surface area contributed by atoms with Crippen LogP contribution in [0.4, 0.5) is 0 Å². The average Bonchev–Trinajstić information content (AvgIpc) is 3.30. The van der Waals surface area contributed by atoms with Gasteiger partial charge in [-0.3, -0.25) is 14.6 Å². The van der Waals surface area contributed by atoms with Crippen LogP contribution in [0, 0.1) is 6.92 Å². The predicted molar refractivity (Wildman–Crippen MR) is 127 cm³/mol. The quantitative estimate of drug-likeness (QED) is 0.623. The minimum absolute atomic E-state index is 0.127. The van der Waals surface area contributed by atoms with Gasteiger partial charge in [0, 0.05) is 57.7 Å². The summed E-state index contributed by atoms with van der Waals surface area (Å²) < 4.78 is 2.33. The molecule has 166 valence electrons. The van der Waals surface area contributed by atoms with E-state index < -0.39 is 0 Å². The fourth-order valence-corrected chi connectivity index (χ4v) is 5.00. The number of carbonyl (C=O) groups excluding carboxylic acids is 1. The van der Waals surface area contributed by atoms with Crippen molar-refractivity contribution in [3.8, 4) is 0 Å². The molecular weight excluding hydrogens is 396 g/mol. The van der Waals surface area contributed by atoms with Crippen LogP contribution in [0.5, 0.6) is 0 Å². The molecule has 0 radical (unpaired) electrons. The van der Waals surface area contributed by atoms with Crippen LogP contribution in [-0.2, 0) is 17.9 Å². The molecule has 2 aliphatic rings. The molecular formula is C27H32N4O. The van der Waals surface area contributed by atoms with Gasteiger partial charge in [0.05, 0.1) is 12.6 Å². The van der Waals surface area contributed by atoms with Crippen LogP contribution in [0.15, 0.2) is 72.9 Å². The van der Waals surface area contributed by atoms with Gasteiger partial charge in [-0.1, -0.05) is 60.2 Å². The number of fused-ring (bicyclic) bond motifs is 1. The number of aryl methyl sites for hydroxylation is 1. The van der Waals surface area contributed by atoms with Crippen LogP contribution in [0.2, 0.25) is 0 Å². The number of amides is 1. The molecule has 1 amide bonds. The zero-order chi connectivity index (χ0) is 21.9. The molecule has 0 aliphatic carbocycles. The first-order valence-electron chi connectivity index (χ1n) is 11.7. The molecule has 2 aromatic carbocycles. The third-order valence-electron chi connectivity index (χ3n) is 6.84. The van der Waals surface area contributed by atoms with Gasteiger partial charge in [0.2, 0.25) is 5.91 Å². The Hall–Kier alpha value is -2.89. The van der Waals surface area contributed by atoms with Crippen LogP contribution in [0.3, 0.4) is 0 Å². The molecule has 3 heterocycles. The highest BCUT2D eigenvalue weighted by Crippen LogP contribution is 2.32. The van der Waals surface area contributed by atoms with Crippen molar-refractivity contribution < 1.29 is 4.79 Å². The summed E-state index contributed by atoms with van der Waals surface area (Å²) in [5, 5.41) is 0. The number of aromatic nitrogens is 1. The maximum atomic E-state index is 13.3. The smallest absolute Gasteiger partial charge is 0.236 e. The van der Waals surface area contributed by atoms with E-state index in [1.807, 2.05) is 0 Å². The summed E-state index contributed by atoms with van der Waals surface area (Å²) in [7, 11) is 0. The van der Waals surface area contributed by atoms with Crippen LogP contribution >= 0.6 is 0 Å². The van der Waals surface area contributed by atoms with Gasteiger partial charge in [0.25, 0.3) is 0 Å². The van der Waals surface area contributed by atoms with Gasteiger partial charge in [-0.25, -0.2) is 0 Å². The van der Waals surface area contributed by atoms with E-state index >= 15 is 0 Å². The highest BCUT2D eigenvalue weighted by Gasteiger charge is 2.31. The van der Waals surface area contributed by atoms with E-state index in [1.54, 1.807) is 0 Å². The monoisotopic (exact) mass is 428 g/mol. The van der Waals surface area contributed by atoms with E-state index in [0.717, 1.165) is 45.8 Å². The van der Waals surface area contributed by atoms with E-state index in [1.165, 1.54) is 22.4 Å². The van der Waals surface area contributed by atoms with Crippen molar-refractivity contribution >= 4 is 5.91 Å². The second-order valence-corrected chi connectivity index (χ2v) is 9.05. The summed E-state index contributed by atoms with van der Waals surface area (Å²) in [6.45, 7) is 8.87. The van der Waals surface area contributed by atoms with Gasteiger partial charge in [0.15, 0.2) is 0 Å². The normalized spacial score (nSPS) is 19.7. The molecule has 1 saturated heterocycles. The zero-order valence-electron chi connectivity index (χ0n) is 18.9. The summed E-state index contributed by atoms with van der Waals surface area (Å²) >= 11 is 0. The Morgan fingerprint density at radius 1 is 0.844 bits per heavy atom. The topological polar surface area (TPSA) is 31.7 Å². The second kappa shape index (κ2) is 9.31. The van der Waals surface area contributed by atoms with Gasteiger partial charge in [-0.2, -0.15) is 0 Å². The summed E-state index contributed by atoms with van der Waals surface area (Å²) in [6.07, 6.45) is 2.15. The van der Waals surface area contributed by atoms with Crippen LogP contribution < -0.4 is 0 Å². The molecule has 1 aromatic heterocycles. The molecule has 3 aromatic rings. The van der Waals surface area contributed by atoms with Crippen molar-refractivity contribution in [1.82, 2.24) is 19.3 Å². The largest absolute Gasteiger partial charge is 0.348 e. The number of nitrogens with zero attached hydrogens (tertiary/aromatic N) is 4. The first-order chi connectivity index (χ1) is 15.7. The van der Waals surface area contributed by atoms with Crippen molar-refractivity contribution in [1.29, 1.82) is 0 Å². The molecule has 5 nitrogen and oxygen atoms in total. The Bertz CT molecular complexity index is 1040. The lowest BCUT2D eigenvalue weighted by molar-refractivity contribution is -0.134. The molecule has 1 fully saturated rings. The minimum Gasteiger partial charge on any atom is -0.348 e. The minimum atomic E-state index is 0.127.